The molecular formula is C17H27NO3. The molecule has 4 heteroatoms. The minimum Gasteiger partial charge on any atom is -0.493 e. The van der Waals surface area contributed by atoms with Gasteiger partial charge in [-0.3, -0.25) is 0 Å². The summed E-state index contributed by atoms with van der Waals surface area (Å²) in [5, 5.41) is 3.52. The van der Waals surface area contributed by atoms with Crippen molar-refractivity contribution in [2.45, 2.75) is 38.6 Å². The fourth-order valence-corrected chi connectivity index (χ4v) is 3.08. The number of methoxy groups -OCH3 is 3. The number of hydrogen-bond donors (Lipinski definition) is 1. The number of benzene rings is 1. The molecule has 0 heterocycles. The van der Waals surface area contributed by atoms with Crippen LogP contribution in [0.15, 0.2) is 12.1 Å². The molecule has 1 aliphatic rings. The summed E-state index contributed by atoms with van der Waals surface area (Å²) in [4.78, 5) is 0. The largest absolute Gasteiger partial charge is 0.493 e. The molecule has 1 aromatic rings. The Labute approximate surface area is 127 Å². The Morgan fingerprint density at radius 3 is 2.14 bits per heavy atom. The SMILES string of the molecule is COc1cc(CNCCC2CCCC2)cc(OC)c1OC. The highest BCUT2D eigenvalue weighted by atomic mass is 16.5. The maximum Gasteiger partial charge on any atom is 0.203 e. The van der Waals surface area contributed by atoms with Crippen molar-refractivity contribution in [1.82, 2.24) is 5.32 Å². The fourth-order valence-electron chi connectivity index (χ4n) is 3.08. The topological polar surface area (TPSA) is 39.7 Å². The summed E-state index contributed by atoms with van der Waals surface area (Å²) < 4.78 is 16.1. The minimum absolute atomic E-state index is 0.648. The lowest BCUT2D eigenvalue weighted by molar-refractivity contribution is 0.323. The average Bonchev–Trinajstić information content (AvgIpc) is 3.03. The highest BCUT2D eigenvalue weighted by Crippen LogP contribution is 2.38. The molecule has 0 aliphatic heterocycles. The maximum atomic E-state index is 5.37. The van der Waals surface area contributed by atoms with Gasteiger partial charge >= 0.3 is 0 Å². The van der Waals surface area contributed by atoms with Crippen LogP contribution in [0.3, 0.4) is 0 Å². The predicted molar refractivity (Wildman–Crippen MR) is 84.4 cm³/mol. The van der Waals surface area contributed by atoms with E-state index in [1.54, 1.807) is 21.3 Å². The van der Waals surface area contributed by atoms with Gasteiger partial charge < -0.3 is 19.5 Å². The van der Waals surface area contributed by atoms with Crippen LogP contribution in [0.2, 0.25) is 0 Å². The molecule has 1 saturated carbocycles. The van der Waals surface area contributed by atoms with Crippen LogP contribution < -0.4 is 19.5 Å². The van der Waals surface area contributed by atoms with Crippen LogP contribution in [0.5, 0.6) is 17.2 Å². The molecule has 0 bridgehead atoms. The summed E-state index contributed by atoms with van der Waals surface area (Å²) in [7, 11) is 4.92. The van der Waals surface area contributed by atoms with Gasteiger partial charge in [-0.15, -0.1) is 0 Å². The van der Waals surface area contributed by atoms with Gasteiger partial charge in [-0.05, 0) is 36.6 Å². The van der Waals surface area contributed by atoms with Crippen LogP contribution >= 0.6 is 0 Å². The minimum atomic E-state index is 0.648. The highest BCUT2D eigenvalue weighted by Gasteiger charge is 2.15. The molecule has 4 nitrogen and oxygen atoms in total. The van der Waals surface area contributed by atoms with Gasteiger partial charge in [0.15, 0.2) is 11.5 Å². The molecule has 0 spiro atoms. The van der Waals surface area contributed by atoms with Crippen molar-refractivity contribution in [2.75, 3.05) is 27.9 Å². The van der Waals surface area contributed by atoms with E-state index < -0.39 is 0 Å². The molecule has 0 radical (unpaired) electrons. The third kappa shape index (κ3) is 4.27. The summed E-state index contributed by atoms with van der Waals surface area (Å²) in [5.41, 5.74) is 1.15. The lowest BCUT2D eigenvalue weighted by atomic mass is 10.0. The first-order valence-electron chi connectivity index (χ1n) is 7.78. The number of rotatable bonds is 8. The van der Waals surface area contributed by atoms with Gasteiger partial charge in [0.2, 0.25) is 5.75 Å². The molecular weight excluding hydrogens is 266 g/mol. The van der Waals surface area contributed by atoms with Crippen LogP contribution in [-0.4, -0.2) is 27.9 Å². The first-order valence-corrected chi connectivity index (χ1v) is 7.78. The van der Waals surface area contributed by atoms with Gasteiger partial charge in [-0.2, -0.15) is 0 Å². The van der Waals surface area contributed by atoms with Crippen molar-refractivity contribution in [2.24, 2.45) is 5.92 Å². The van der Waals surface area contributed by atoms with Crippen molar-refractivity contribution >= 4 is 0 Å². The van der Waals surface area contributed by atoms with Gasteiger partial charge in [0.1, 0.15) is 0 Å². The molecule has 118 valence electrons. The summed E-state index contributed by atoms with van der Waals surface area (Å²) >= 11 is 0. The second-order valence-corrected chi connectivity index (χ2v) is 5.65. The zero-order valence-electron chi connectivity index (χ0n) is 13.4. The third-order valence-corrected chi connectivity index (χ3v) is 4.26. The second kappa shape index (κ2) is 8.13. The maximum absolute atomic E-state index is 5.37. The molecule has 0 unspecified atom stereocenters. The van der Waals surface area contributed by atoms with Gasteiger partial charge in [-0.1, -0.05) is 25.7 Å². The van der Waals surface area contributed by atoms with Gasteiger partial charge in [-0.25, -0.2) is 0 Å². The zero-order valence-corrected chi connectivity index (χ0v) is 13.4. The van der Waals surface area contributed by atoms with Crippen molar-refractivity contribution in [1.29, 1.82) is 0 Å². The van der Waals surface area contributed by atoms with Crippen molar-refractivity contribution in [3.05, 3.63) is 17.7 Å². The molecule has 2 rings (SSSR count). The van der Waals surface area contributed by atoms with Gasteiger partial charge in [0.05, 0.1) is 21.3 Å². The molecule has 1 aromatic carbocycles. The number of nitrogens with one attached hydrogen (secondary N) is 1. The van der Waals surface area contributed by atoms with E-state index in [-0.39, 0.29) is 0 Å². The molecule has 0 amide bonds. The lowest BCUT2D eigenvalue weighted by Gasteiger charge is -2.15. The van der Waals surface area contributed by atoms with Crippen LogP contribution in [0.4, 0.5) is 0 Å². The average molecular weight is 293 g/mol. The fraction of sp³-hybridized carbons (Fsp3) is 0.647. The molecule has 0 saturated heterocycles. The van der Waals surface area contributed by atoms with Crippen LogP contribution in [-0.2, 0) is 6.54 Å². The Bertz CT molecular complexity index is 417. The summed E-state index contributed by atoms with van der Waals surface area (Å²) in [5.74, 6) is 3.00. The quantitative estimate of drug-likeness (QED) is 0.746. The standard InChI is InChI=1S/C17H27NO3/c1-19-15-10-14(11-16(20-2)17(15)21-3)12-18-9-8-13-6-4-5-7-13/h10-11,13,18H,4-9,12H2,1-3H3. The van der Waals surface area contributed by atoms with Crippen LogP contribution in [0.25, 0.3) is 0 Å². The van der Waals surface area contributed by atoms with E-state index in [4.69, 9.17) is 14.2 Å². The van der Waals surface area contributed by atoms with Crippen LogP contribution in [0.1, 0.15) is 37.7 Å². The van der Waals surface area contributed by atoms with Gasteiger partial charge in [0, 0.05) is 6.54 Å². The highest BCUT2D eigenvalue weighted by molar-refractivity contribution is 5.53. The van der Waals surface area contributed by atoms with E-state index in [1.807, 2.05) is 12.1 Å². The predicted octanol–water partition coefficient (Wildman–Crippen LogP) is 3.38. The molecule has 1 N–H and O–H groups in total. The Morgan fingerprint density at radius 2 is 1.62 bits per heavy atom. The third-order valence-electron chi connectivity index (χ3n) is 4.26. The normalized spacial score (nSPS) is 15.2. The first-order chi connectivity index (χ1) is 10.3. The van der Waals surface area contributed by atoms with Crippen LogP contribution in [0, 0.1) is 5.92 Å². The monoisotopic (exact) mass is 293 g/mol. The Kier molecular flexibility index (Phi) is 6.18. The lowest BCUT2D eigenvalue weighted by Crippen LogP contribution is -2.17. The molecule has 1 aliphatic carbocycles. The van der Waals surface area contributed by atoms with E-state index in [2.05, 4.69) is 5.32 Å². The van der Waals surface area contributed by atoms with E-state index in [0.29, 0.717) is 17.2 Å². The zero-order chi connectivity index (χ0) is 15.1. The molecule has 21 heavy (non-hydrogen) atoms. The smallest absolute Gasteiger partial charge is 0.203 e. The molecule has 0 atom stereocenters. The number of ether oxygens (including phenoxy) is 3. The van der Waals surface area contributed by atoms with E-state index in [1.165, 1.54) is 32.1 Å². The van der Waals surface area contributed by atoms with Gasteiger partial charge in [0.25, 0.3) is 0 Å². The van der Waals surface area contributed by atoms with E-state index in [0.717, 1.165) is 24.6 Å². The Morgan fingerprint density at radius 1 is 1.00 bits per heavy atom. The summed E-state index contributed by atoms with van der Waals surface area (Å²) in [6.07, 6.45) is 6.93. The Balaban J connectivity index is 1.89. The molecule has 1 fully saturated rings. The number of hydrogen-bond acceptors (Lipinski definition) is 4. The van der Waals surface area contributed by atoms with E-state index in [9.17, 15) is 0 Å². The second-order valence-electron chi connectivity index (χ2n) is 5.65. The molecule has 0 aromatic heterocycles. The first kappa shape index (κ1) is 16.0. The summed E-state index contributed by atoms with van der Waals surface area (Å²) in [6.45, 7) is 1.89. The van der Waals surface area contributed by atoms with E-state index >= 15 is 0 Å². The summed E-state index contributed by atoms with van der Waals surface area (Å²) in [6, 6.07) is 4.01. The van der Waals surface area contributed by atoms with Crippen molar-refractivity contribution in [3.63, 3.8) is 0 Å². The van der Waals surface area contributed by atoms with Crippen molar-refractivity contribution < 1.29 is 14.2 Å². The van der Waals surface area contributed by atoms with Crippen molar-refractivity contribution in [3.8, 4) is 17.2 Å². The Hall–Kier alpha value is -1.42.